The first-order valence-corrected chi connectivity index (χ1v) is 9.73. The van der Waals surface area contributed by atoms with Gasteiger partial charge < -0.3 is 10.1 Å². The van der Waals surface area contributed by atoms with Crippen molar-refractivity contribution >= 4 is 27.5 Å². The van der Waals surface area contributed by atoms with Crippen molar-refractivity contribution in [3.8, 4) is 0 Å². The zero-order valence-corrected chi connectivity index (χ0v) is 14.2. The third-order valence-corrected chi connectivity index (χ3v) is 6.17. The van der Waals surface area contributed by atoms with Crippen molar-refractivity contribution in [2.75, 3.05) is 29.6 Å². The first kappa shape index (κ1) is 16.8. The van der Waals surface area contributed by atoms with Crippen molar-refractivity contribution in [3.05, 3.63) is 29.8 Å². The third-order valence-electron chi connectivity index (χ3n) is 4.40. The molecule has 2 amide bonds. The van der Waals surface area contributed by atoms with Crippen LogP contribution in [-0.4, -0.2) is 45.1 Å². The maximum atomic E-state index is 12.2. The Labute approximate surface area is 140 Å². The van der Waals surface area contributed by atoms with Crippen molar-refractivity contribution in [1.29, 1.82) is 0 Å². The molecule has 0 spiro atoms. The summed E-state index contributed by atoms with van der Waals surface area (Å²) in [5, 5.41) is 2.87. The Bertz CT molecular complexity index is 761. The topological polar surface area (TPSA) is 92.8 Å². The second kappa shape index (κ2) is 6.43. The lowest BCUT2D eigenvalue weighted by Gasteiger charge is -2.19. The quantitative estimate of drug-likeness (QED) is 0.880. The largest absolute Gasteiger partial charge is 0.447 e. The summed E-state index contributed by atoms with van der Waals surface area (Å²) in [6.07, 6.45) is 0.000541. The van der Waals surface area contributed by atoms with E-state index in [-0.39, 0.29) is 29.5 Å². The molecule has 2 heterocycles. The van der Waals surface area contributed by atoms with Gasteiger partial charge in [-0.05, 0) is 31.0 Å². The molecule has 130 valence electrons. The van der Waals surface area contributed by atoms with Crippen LogP contribution in [0.2, 0.25) is 0 Å². The van der Waals surface area contributed by atoms with Gasteiger partial charge in [0.2, 0.25) is 5.91 Å². The van der Waals surface area contributed by atoms with E-state index in [2.05, 4.69) is 5.32 Å². The Morgan fingerprint density at radius 2 is 2.21 bits per heavy atom. The molecule has 2 aliphatic rings. The molecule has 8 heteroatoms. The van der Waals surface area contributed by atoms with E-state index in [4.69, 9.17) is 4.74 Å². The van der Waals surface area contributed by atoms with Gasteiger partial charge in [0, 0.05) is 5.69 Å². The first-order valence-electron chi connectivity index (χ1n) is 7.91. The third kappa shape index (κ3) is 3.53. The first-order chi connectivity index (χ1) is 11.4. The lowest BCUT2D eigenvalue weighted by atomic mass is 10.0. The number of hydrogen-bond acceptors (Lipinski definition) is 5. The van der Waals surface area contributed by atoms with Crippen LogP contribution in [0.5, 0.6) is 0 Å². The number of carbonyl (C=O) groups is 2. The minimum absolute atomic E-state index is 0.0754. The van der Waals surface area contributed by atoms with Gasteiger partial charge in [-0.25, -0.2) is 13.2 Å². The van der Waals surface area contributed by atoms with Crippen LogP contribution in [0.3, 0.4) is 0 Å². The number of benzene rings is 1. The molecule has 0 bridgehead atoms. The summed E-state index contributed by atoms with van der Waals surface area (Å²) in [6.45, 7) is 2.71. The summed E-state index contributed by atoms with van der Waals surface area (Å²) in [5.41, 5.74) is 1.57. The summed E-state index contributed by atoms with van der Waals surface area (Å²) in [4.78, 5) is 25.4. The molecule has 2 atom stereocenters. The Hall–Kier alpha value is -2.09. The number of amides is 2. The number of ether oxygens (including phenoxy) is 1. The van der Waals surface area contributed by atoms with E-state index < -0.39 is 15.8 Å². The minimum Gasteiger partial charge on any atom is -0.447 e. The van der Waals surface area contributed by atoms with Crippen LogP contribution in [0.25, 0.3) is 0 Å². The van der Waals surface area contributed by atoms with Crippen molar-refractivity contribution in [2.24, 2.45) is 5.92 Å². The number of nitrogens with one attached hydrogen (secondary N) is 1. The lowest BCUT2D eigenvalue weighted by molar-refractivity contribution is -0.124. The molecule has 1 aromatic carbocycles. The molecule has 2 unspecified atom stereocenters. The van der Waals surface area contributed by atoms with Crippen LogP contribution < -0.4 is 10.2 Å². The Kier molecular flexibility index (Phi) is 4.49. The maximum absolute atomic E-state index is 12.2. The molecule has 2 saturated heterocycles. The zero-order chi connectivity index (χ0) is 17.3. The van der Waals surface area contributed by atoms with Crippen molar-refractivity contribution in [3.63, 3.8) is 0 Å². The van der Waals surface area contributed by atoms with Crippen LogP contribution >= 0.6 is 0 Å². The molecule has 0 aliphatic carbocycles. The van der Waals surface area contributed by atoms with Gasteiger partial charge in [-0.15, -0.1) is 0 Å². The highest BCUT2D eigenvalue weighted by Crippen LogP contribution is 2.24. The second-order valence-electron chi connectivity index (χ2n) is 6.19. The standard InChI is InChI=1S/C16H20N2O5S/c1-11(17-15(19)13-5-8-24(21,22)10-13)12-3-2-4-14(9-12)18-6-7-23-16(18)20/h2-4,9,11,13H,5-8,10H2,1H3,(H,17,19). The summed E-state index contributed by atoms with van der Waals surface area (Å²) < 4.78 is 27.9. The molecule has 24 heavy (non-hydrogen) atoms. The zero-order valence-electron chi connectivity index (χ0n) is 13.4. The summed E-state index contributed by atoms with van der Waals surface area (Å²) in [6, 6.07) is 7.05. The van der Waals surface area contributed by atoms with Crippen molar-refractivity contribution in [1.82, 2.24) is 5.32 Å². The average molecular weight is 352 g/mol. The van der Waals surface area contributed by atoms with E-state index in [1.807, 2.05) is 31.2 Å². The SMILES string of the molecule is CC(NC(=O)C1CCS(=O)(=O)C1)c1cccc(N2CCOC2=O)c1. The highest BCUT2D eigenvalue weighted by Gasteiger charge is 2.33. The molecule has 1 aromatic rings. The number of hydrogen-bond donors (Lipinski definition) is 1. The van der Waals surface area contributed by atoms with Gasteiger partial charge in [-0.2, -0.15) is 0 Å². The summed E-state index contributed by atoms with van der Waals surface area (Å²) in [5.74, 6) is -0.721. The molecule has 0 radical (unpaired) electrons. The fourth-order valence-corrected chi connectivity index (χ4v) is 4.75. The average Bonchev–Trinajstić information content (AvgIpc) is 3.12. The van der Waals surface area contributed by atoms with E-state index in [0.717, 1.165) is 11.3 Å². The Balaban J connectivity index is 1.68. The summed E-state index contributed by atoms with van der Waals surface area (Å²) in [7, 11) is -3.08. The van der Waals surface area contributed by atoms with Crippen LogP contribution in [0, 0.1) is 5.92 Å². The highest BCUT2D eigenvalue weighted by molar-refractivity contribution is 7.91. The van der Waals surface area contributed by atoms with Gasteiger partial charge >= 0.3 is 6.09 Å². The van der Waals surface area contributed by atoms with Crippen LogP contribution in [0.1, 0.15) is 24.9 Å². The Morgan fingerprint density at radius 3 is 2.83 bits per heavy atom. The molecular formula is C16H20N2O5S. The molecule has 0 aromatic heterocycles. The molecule has 2 aliphatic heterocycles. The lowest BCUT2D eigenvalue weighted by Crippen LogP contribution is -2.33. The Morgan fingerprint density at radius 1 is 1.42 bits per heavy atom. The van der Waals surface area contributed by atoms with Crippen molar-refractivity contribution < 1.29 is 22.7 Å². The fourth-order valence-electron chi connectivity index (χ4n) is 3.01. The van der Waals surface area contributed by atoms with E-state index in [0.29, 0.717) is 19.6 Å². The minimum atomic E-state index is -3.08. The van der Waals surface area contributed by atoms with Crippen LogP contribution in [0.15, 0.2) is 24.3 Å². The highest BCUT2D eigenvalue weighted by atomic mass is 32.2. The monoisotopic (exact) mass is 352 g/mol. The summed E-state index contributed by atoms with van der Waals surface area (Å²) >= 11 is 0. The predicted molar refractivity (Wildman–Crippen MR) is 88.5 cm³/mol. The van der Waals surface area contributed by atoms with Gasteiger partial charge in [0.05, 0.1) is 30.0 Å². The van der Waals surface area contributed by atoms with E-state index in [9.17, 15) is 18.0 Å². The van der Waals surface area contributed by atoms with Gasteiger partial charge in [0.25, 0.3) is 0 Å². The van der Waals surface area contributed by atoms with Gasteiger partial charge in [-0.3, -0.25) is 9.69 Å². The fraction of sp³-hybridized carbons (Fsp3) is 0.500. The molecular weight excluding hydrogens is 332 g/mol. The maximum Gasteiger partial charge on any atom is 0.414 e. The van der Waals surface area contributed by atoms with Crippen LogP contribution in [-0.2, 0) is 19.4 Å². The van der Waals surface area contributed by atoms with E-state index in [1.165, 1.54) is 0 Å². The predicted octanol–water partition coefficient (Wildman–Crippen LogP) is 1.26. The molecule has 3 rings (SSSR count). The number of carbonyl (C=O) groups excluding carboxylic acids is 2. The molecule has 7 nitrogen and oxygen atoms in total. The van der Waals surface area contributed by atoms with Crippen molar-refractivity contribution in [2.45, 2.75) is 19.4 Å². The molecule has 1 N–H and O–H groups in total. The smallest absolute Gasteiger partial charge is 0.414 e. The van der Waals surface area contributed by atoms with Gasteiger partial charge in [0.1, 0.15) is 6.61 Å². The molecule has 0 saturated carbocycles. The van der Waals surface area contributed by atoms with Gasteiger partial charge in [-0.1, -0.05) is 12.1 Å². The normalized spacial score (nSPS) is 23.8. The number of anilines is 1. The van der Waals surface area contributed by atoms with Crippen LogP contribution in [0.4, 0.5) is 10.5 Å². The van der Waals surface area contributed by atoms with Gasteiger partial charge in [0.15, 0.2) is 9.84 Å². The second-order valence-corrected chi connectivity index (χ2v) is 8.42. The number of sulfone groups is 1. The number of nitrogens with zero attached hydrogens (tertiary/aromatic N) is 1. The number of cyclic esters (lactones) is 1. The number of rotatable bonds is 4. The molecule has 2 fully saturated rings. The van der Waals surface area contributed by atoms with E-state index >= 15 is 0 Å². The van der Waals surface area contributed by atoms with E-state index in [1.54, 1.807) is 4.90 Å².